The van der Waals surface area contributed by atoms with Gasteiger partial charge in [0.2, 0.25) is 11.8 Å². The largest absolute Gasteiger partial charge is 0.466 e. The van der Waals surface area contributed by atoms with E-state index in [0.29, 0.717) is 11.3 Å². The van der Waals surface area contributed by atoms with Gasteiger partial charge in [-0.2, -0.15) is 5.26 Å². The summed E-state index contributed by atoms with van der Waals surface area (Å²) in [6, 6.07) is 8.47. The van der Waals surface area contributed by atoms with E-state index < -0.39 is 29.8 Å². The van der Waals surface area contributed by atoms with Crippen LogP contribution >= 0.6 is 0 Å². The first-order valence-electron chi connectivity index (χ1n) is 8.79. The number of nitrogens with two attached hydrogens (primary N) is 1. The Balaban J connectivity index is 2.34. The molecule has 1 aromatic rings. The van der Waals surface area contributed by atoms with Crippen molar-refractivity contribution in [1.29, 1.82) is 5.26 Å². The molecule has 1 atom stereocenters. The van der Waals surface area contributed by atoms with Crippen LogP contribution in [0, 0.1) is 11.3 Å². The second-order valence-corrected chi connectivity index (χ2v) is 6.34. The molecule has 0 aliphatic carbocycles. The van der Waals surface area contributed by atoms with E-state index in [2.05, 4.69) is 0 Å². The minimum Gasteiger partial charge on any atom is -0.466 e. The Morgan fingerprint density at radius 1 is 1.34 bits per heavy atom. The monoisotopic (exact) mass is 397 g/mol. The molecule has 9 heteroatoms. The molecule has 0 saturated carbocycles. The van der Waals surface area contributed by atoms with Crippen molar-refractivity contribution in [3.8, 4) is 6.07 Å². The third-order valence-corrected chi connectivity index (χ3v) is 4.87. The van der Waals surface area contributed by atoms with Gasteiger partial charge in [0.05, 0.1) is 13.7 Å². The second kappa shape index (κ2) is 7.31. The highest BCUT2D eigenvalue weighted by Crippen LogP contribution is 2.53. The van der Waals surface area contributed by atoms with Crippen molar-refractivity contribution >= 4 is 23.5 Å². The number of fused-ring (bicyclic) bond motifs is 2. The summed E-state index contributed by atoms with van der Waals surface area (Å²) in [5.41, 5.74) is 4.35. The third-order valence-electron chi connectivity index (χ3n) is 4.87. The predicted molar refractivity (Wildman–Crippen MR) is 99.7 cm³/mol. The number of para-hydroxylation sites is 1. The zero-order valence-corrected chi connectivity index (χ0v) is 16.1. The van der Waals surface area contributed by atoms with E-state index in [0.717, 1.165) is 7.11 Å². The average molecular weight is 397 g/mol. The van der Waals surface area contributed by atoms with Gasteiger partial charge in [-0.15, -0.1) is 0 Å². The number of benzene rings is 1. The average Bonchev–Trinajstić information content (AvgIpc) is 2.92. The highest BCUT2D eigenvalue weighted by Gasteiger charge is 2.62. The van der Waals surface area contributed by atoms with Crippen LogP contribution in [0.5, 0.6) is 0 Å². The van der Waals surface area contributed by atoms with Crippen molar-refractivity contribution in [1.82, 2.24) is 0 Å². The molecule has 1 amide bonds. The van der Waals surface area contributed by atoms with E-state index in [9.17, 15) is 19.6 Å². The van der Waals surface area contributed by atoms with E-state index in [-0.39, 0.29) is 29.4 Å². The van der Waals surface area contributed by atoms with Crippen molar-refractivity contribution in [2.24, 2.45) is 5.73 Å². The number of nitriles is 1. The molecular weight excluding hydrogens is 378 g/mol. The van der Waals surface area contributed by atoms with Crippen LogP contribution in [0.1, 0.15) is 19.4 Å². The van der Waals surface area contributed by atoms with Gasteiger partial charge in [0.15, 0.2) is 5.41 Å². The molecule has 2 N–H and O–H groups in total. The topological polar surface area (TPSA) is 132 Å². The number of hydrogen-bond acceptors (Lipinski definition) is 8. The number of carbonyl (C=O) groups excluding carboxylic acids is 3. The fraction of sp³-hybridized carbons (Fsp3) is 0.300. The molecule has 0 saturated heterocycles. The van der Waals surface area contributed by atoms with Gasteiger partial charge in [0.25, 0.3) is 0 Å². The smallest absolute Gasteiger partial charge is 0.339 e. The van der Waals surface area contributed by atoms with Crippen molar-refractivity contribution < 1.29 is 28.6 Å². The number of nitrogens with zero attached hydrogens (tertiary/aromatic N) is 2. The van der Waals surface area contributed by atoms with E-state index in [1.807, 2.05) is 6.07 Å². The Hall–Kier alpha value is -3.80. The Kier molecular flexibility index (Phi) is 5.03. The van der Waals surface area contributed by atoms with Crippen LogP contribution in [0.25, 0.3) is 0 Å². The lowest BCUT2D eigenvalue weighted by Gasteiger charge is -2.34. The number of rotatable bonds is 4. The maximum Gasteiger partial charge on any atom is 0.339 e. The first kappa shape index (κ1) is 19.9. The Bertz CT molecular complexity index is 1020. The minimum atomic E-state index is -1.88. The quantitative estimate of drug-likeness (QED) is 0.745. The molecule has 2 heterocycles. The summed E-state index contributed by atoms with van der Waals surface area (Å²) in [5, 5.41) is 9.84. The fourth-order valence-corrected chi connectivity index (χ4v) is 3.81. The lowest BCUT2D eigenvalue weighted by Crippen LogP contribution is -2.49. The normalized spacial score (nSPS) is 20.3. The summed E-state index contributed by atoms with van der Waals surface area (Å²) in [4.78, 5) is 39.8. The summed E-state index contributed by atoms with van der Waals surface area (Å²) in [6.45, 7) is 2.86. The number of hydrogen-bond donors (Lipinski definition) is 1. The van der Waals surface area contributed by atoms with Crippen LogP contribution in [0.15, 0.2) is 47.1 Å². The van der Waals surface area contributed by atoms with Gasteiger partial charge in [-0.3, -0.25) is 14.5 Å². The molecule has 3 rings (SSSR count). The zero-order chi connectivity index (χ0) is 21.3. The van der Waals surface area contributed by atoms with Crippen LogP contribution < -0.4 is 10.6 Å². The lowest BCUT2D eigenvalue weighted by molar-refractivity contribution is -0.142. The summed E-state index contributed by atoms with van der Waals surface area (Å²) >= 11 is 0. The van der Waals surface area contributed by atoms with E-state index >= 15 is 0 Å². The Labute approximate surface area is 166 Å². The van der Waals surface area contributed by atoms with Gasteiger partial charge in [-0.1, -0.05) is 18.2 Å². The van der Waals surface area contributed by atoms with Crippen LogP contribution in [-0.4, -0.2) is 38.1 Å². The number of carbonyl (C=O) groups is 3. The second-order valence-electron chi connectivity index (χ2n) is 6.34. The molecular formula is C20H19N3O6. The van der Waals surface area contributed by atoms with Crippen molar-refractivity contribution in [3.05, 3.63) is 52.6 Å². The Morgan fingerprint density at radius 2 is 2.03 bits per heavy atom. The van der Waals surface area contributed by atoms with Crippen LogP contribution in [0.4, 0.5) is 5.69 Å². The molecule has 1 aromatic carbocycles. The first-order valence-corrected chi connectivity index (χ1v) is 8.79. The number of esters is 2. The summed E-state index contributed by atoms with van der Waals surface area (Å²) < 4.78 is 15.2. The van der Waals surface area contributed by atoms with E-state index in [4.69, 9.17) is 19.9 Å². The minimum absolute atomic E-state index is 0.0366. The highest BCUT2D eigenvalue weighted by atomic mass is 16.5. The lowest BCUT2D eigenvalue weighted by atomic mass is 9.68. The fourth-order valence-electron chi connectivity index (χ4n) is 3.81. The maximum atomic E-state index is 13.8. The van der Waals surface area contributed by atoms with Crippen molar-refractivity contribution in [2.45, 2.75) is 19.3 Å². The molecule has 2 aliphatic heterocycles. The van der Waals surface area contributed by atoms with Gasteiger partial charge in [-0.25, -0.2) is 4.79 Å². The van der Waals surface area contributed by atoms with Crippen LogP contribution in [-0.2, 0) is 34.0 Å². The SMILES string of the molecule is CCOC(=O)CN1C(=O)C2(C(C#N)=C(N)OC(C)=C2C(=O)OC)c2ccccc21. The number of ether oxygens (including phenoxy) is 3. The molecule has 0 fully saturated rings. The van der Waals surface area contributed by atoms with Gasteiger partial charge < -0.3 is 19.9 Å². The van der Waals surface area contributed by atoms with Crippen LogP contribution in [0.2, 0.25) is 0 Å². The maximum absolute atomic E-state index is 13.8. The van der Waals surface area contributed by atoms with Gasteiger partial charge in [0.1, 0.15) is 29.5 Å². The first-order chi connectivity index (χ1) is 13.8. The molecule has 9 nitrogen and oxygen atoms in total. The molecule has 2 aliphatic rings. The number of allylic oxidation sites excluding steroid dienone is 1. The van der Waals surface area contributed by atoms with Gasteiger partial charge in [0, 0.05) is 11.3 Å². The summed E-state index contributed by atoms with van der Waals surface area (Å²) in [6.07, 6.45) is 0. The molecule has 150 valence electrons. The summed E-state index contributed by atoms with van der Waals surface area (Å²) in [5.74, 6) is -2.41. The number of anilines is 1. The molecule has 0 bridgehead atoms. The highest BCUT2D eigenvalue weighted by molar-refractivity contribution is 6.19. The standard InChI is InChI=1S/C20H19N3O6/c1-4-28-15(24)10-23-14-8-6-5-7-12(14)20(19(23)26)13(9-21)17(22)29-11(2)16(20)18(25)27-3/h5-8H,4,10,22H2,1-3H3. The van der Waals surface area contributed by atoms with Crippen molar-refractivity contribution in [3.63, 3.8) is 0 Å². The molecule has 0 aromatic heterocycles. The zero-order valence-electron chi connectivity index (χ0n) is 16.1. The third kappa shape index (κ3) is 2.72. The molecule has 0 radical (unpaired) electrons. The number of amides is 1. The molecule has 29 heavy (non-hydrogen) atoms. The van der Waals surface area contributed by atoms with Crippen molar-refractivity contribution in [2.75, 3.05) is 25.2 Å². The molecule has 1 unspecified atom stereocenters. The van der Waals surface area contributed by atoms with Gasteiger partial charge in [-0.05, 0) is 19.9 Å². The Morgan fingerprint density at radius 3 is 2.66 bits per heavy atom. The molecule has 1 spiro atoms. The van der Waals surface area contributed by atoms with Gasteiger partial charge >= 0.3 is 11.9 Å². The van der Waals surface area contributed by atoms with E-state index in [1.165, 1.54) is 11.8 Å². The predicted octanol–water partition coefficient (Wildman–Crippen LogP) is 1.01. The summed E-state index contributed by atoms with van der Waals surface area (Å²) in [7, 11) is 1.16. The van der Waals surface area contributed by atoms with E-state index in [1.54, 1.807) is 31.2 Å². The van der Waals surface area contributed by atoms with Crippen LogP contribution in [0.3, 0.4) is 0 Å². The number of methoxy groups -OCH3 is 1.